The van der Waals surface area contributed by atoms with Crippen molar-refractivity contribution in [2.75, 3.05) is 6.61 Å². The number of nitrogens with one attached hydrogen (secondary N) is 1. The van der Waals surface area contributed by atoms with Crippen molar-refractivity contribution in [2.24, 2.45) is 0 Å². The average Bonchev–Trinajstić information content (AvgIpc) is 3.29. The number of aliphatic hydroxyl groups is 2. The summed E-state index contributed by atoms with van der Waals surface area (Å²) in [6.07, 6.45) is 70.0. The van der Waals surface area contributed by atoms with E-state index in [0.29, 0.717) is 19.3 Å². The van der Waals surface area contributed by atoms with E-state index in [0.717, 1.165) is 83.5 Å². The lowest BCUT2D eigenvalue weighted by molar-refractivity contribution is -0.150. The smallest absolute Gasteiger partial charge is 0.306 e. The lowest BCUT2D eigenvalue weighted by Gasteiger charge is -2.24. The molecule has 0 saturated carbocycles. The van der Waals surface area contributed by atoms with E-state index in [-0.39, 0.29) is 31.3 Å². The third-order valence-electron chi connectivity index (χ3n) is 10.8. The van der Waals surface area contributed by atoms with E-state index in [1.165, 1.54) is 70.6 Å². The summed E-state index contributed by atoms with van der Waals surface area (Å²) in [4.78, 5) is 26.1. The van der Waals surface area contributed by atoms with Gasteiger partial charge in [0.15, 0.2) is 0 Å². The summed E-state index contributed by atoms with van der Waals surface area (Å²) in [6, 6.07) is -0.755. The molecule has 0 aromatic carbocycles. The molecular weight excluding hydrogens is 791 g/mol. The second-order valence-corrected chi connectivity index (χ2v) is 16.8. The van der Waals surface area contributed by atoms with Crippen LogP contribution < -0.4 is 5.32 Å². The minimum atomic E-state index is -0.832. The third-order valence-corrected chi connectivity index (χ3v) is 10.8. The van der Waals surface area contributed by atoms with Crippen molar-refractivity contribution in [3.05, 3.63) is 122 Å². The van der Waals surface area contributed by atoms with E-state index in [2.05, 4.69) is 129 Å². The maximum Gasteiger partial charge on any atom is 0.306 e. The van der Waals surface area contributed by atoms with Crippen LogP contribution in [0.25, 0.3) is 0 Å². The number of esters is 1. The highest BCUT2D eigenvalue weighted by molar-refractivity contribution is 5.77. The molecule has 1 amide bonds. The zero-order chi connectivity index (χ0) is 46.7. The molecule has 0 heterocycles. The van der Waals surface area contributed by atoms with E-state index < -0.39 is 18.2 Å². The Morgan fingerprint density at radius 3 is 1.23 bits per heavy atom. The zero-order valence-electron chi connectivity index (χ0n) is 41.1. The molecule has 0 bridgehead atoms. The third kappa shape index (κ3) is 44.9. The SMILES string of the molecule is CC/C=C\C/C=C\C/C=C\C/C=C\C/C=C\CC(CC(=O)NC(CO)C(O)CCCCCCCCCCCCCCCC)OC(=O)CC/C=C/C/C=C/C/C=C/C/C=C/C/C=C/CC. The van der Waals surface area contributed by atoms with Crippen LogP contribution >= 0.6 is 0 Å². The fraction of sp³-hybridized carbons (Fsp3) is 0.621. The first-order valence-corrected chi connectivity index (χ1v) is 25.8. The number of hydrogen-bond acceptors (Lipinski definition) is 5. The van der Waals surface area contributed by atoms with Crippen molar-refractivity contribution < 1.29 is 24.5 Å². The molecule has 0 radical (unpaired) electrons. The molecule has 0 rings (SSSR count). The summed E-state index contributed by atoms with van der Waals surface area (Å²) in [5.74, 6) is -0.690. The standard InChI is InChI=1S/C58H95NO5/c1-4-7-10-13-16-19-22-25-28-30-33-36-39-42-45-48-51-58(63)64-54(49-46-43-40-37-34-31-29-26-23-20-17-14-11-8-5-2)52-57(62)59-55(53-60)56(61)50-47-44-41-38-35-32-27-24-21-18-15-12-9-6-3/h7-8,10-11,16-17,19-20,25-26,28-29,33-34,36-37,42-43,45-46,54-56,60-61H,4-6,9,12-15,18,21-24,27,30-32,35,38-41,44,47-53H2,1-3H3,(H,59,62)/b10-7+,11-8-,19-16+,20-17-,28-25+,29-26-,36-33+,37-34-,45-42+,46-43-. The van der Waals surface area contributed by atoms with Crippen molar-refractivity contribution >= 4 is 11.9 Å². The number of ether oxygens (including phenoxy) is 1. The number of carbonyl (C=O) groups is 2. The molecule has 6 heteroatoms. The van der Waals surface area contributed by atoms with Crippen LogP contribution in [0.4, 0.5) is 0 Å². The van der Waals surface area contributed by atoms with Gasteiger partial charge in [-0.05, 0) is 77.0 Å². The number of amides is 1. The first-order valence-electron chi connectivity index (χ1n) is 25.8. The molecule has 3 unspecified atom stereocenters. The van der Waals surface area contributed by atoms with E-state index >= 15 is 0 Å². The van der Waals surface area contributed by atoms with Crippen molar-refractivity contribution in [1.29, 1.82) is 0 Å². The fourth-order valence-corrected chi connectivity index (χ4v) is 6.97. The van der Waals surface area contributed by atoms with Crippen molar-refractivity contribution in [2.45, 2.75) is 225 Å². The Labute approximate surface area is 393 Å². The molecule has 0 aromatic heterocycles. The number of aliphatic hydroxyl groups excluding tert-OH is 2. The Balaban J connectivity index is 4.85. The number of hydrogen-bond donors (Lipinski definition) is 3. The van der Waals surface area contributed by atoms with Gasteiger partial charge in [0.05, 0.1) is 25.2 Å². The molecule has 0 aliphatic heterocycles. The van der Waals surface area contributed by atoms with E-state index in [1.54, 1.807) is 0 Å². The van der Waals surface area contributed by atoms with Crippen LogP contribution in [0.2, 0.25) is 0 Å². The Hall–Kier alpha value is -3.74. The van der Waals surface area contributed by atoms with Gasteiger partial charge < -0.3 is 20.3 Å². The number of allylic oxidation sites excluding steroid dienone is 19. The summed E-state index contributed by atoms with van der Waals surface area (Å²) >= 11 is 0. The average molecular weight is 886 g/mol. The quantitative estimate of drug-likeness (QED) is 0.0322. The van der Waals surface area contributed by atoms with Crippen LogP contribution in [0.3, 0.4) is 0 Å². The molecule has 0 saturated heterocycles. The second kappa shape index (κ2) is 50.3. The minimum absolute atomic E-state index is 0.0379. The van der Waals surface area contributed by atoms with Gasteiger partial charge in [-0.2, -0.15) is 0 Å². The topological polar surface area (TPSA) is 95.9 Å². The van der Waals surface area contributed by atoms with Gasteiger partial charge in [0, 0.05) is 12.8 Å². The maximum absolute atomic E-state index is 13.2. The predicted octanol–water partition coefficient (Wildman–Crippen LogP) is 15.7. The van der Waals surface area contributed by atoms with Crippen LogP contribution in [-0.4, -0.2) is 46.9 Å². The molecule has 64 heavy (non-hydrogen) atoms. The molecular formula is C58H95NO5. The Morgan fingerprint density at radius 2 is 0.844 bits per heavy atom. The van der Waals surface area contributed by atoms with Gasteiger partial charge >= 0.3 is 5.97 Å². The highest BCUT2D eigenvalue weighted by Crippen LogP contribution is 2.15. The van der Waals surface area contributed by atoms with Crippen LogP contribution in [0.1, 0.15) is 207 Å². The highest BCUT2D eigenvalue weighted by Gasteiger charge is 2.23. The lowest BCUT2D eigenvalue weighted by Crippen LogP contribution is -2.46. The van der Waals surface area contributed by atoms with Crippen molar-refractivity contribution in [3.63, 3.8) is 0 Å². The van der Waals surface area contributed by atoms with Crippen LogP contribution in [0.15, 0.2) is 122 Å². The van der Waals surface area contributed by atoms with Crippen molar-refractivity contribution in [1.82, 2.24) is 5.32 Å². The molecule has 3 atom stereocenters. The first-order chi connectivity index (χ1) is 31.5. The van der Waals surface area contributed by atoms with Gasteiger partial charge in [-0.15, -0.1) is 0 Å². The van der Waals surface area contributed by atoms with E-state index in [1.807, 2.05) is 18.2 Å². The van der Waals surface area contributed by atoms with Gasteiger partial charge in [-0.1, -0.05) is 232 Å². The predicted molar refractivity (Wildman–Crippen MR) is 277 cm³/mol. The minimum Gasteiger partial charge on any atom is -0.461 e. The molecule has 0 aliphatic rings. The largest absolute Gasteiger partial charge is 0.461 e. The molecule has 0 fully saturated rings. The number of unbranched alkanes of at least 4 members (excludes halogenated alkanes) is 13. The monoisotopic (exact) mass is 886 g/mol. The normalized spacial score (nSPS) is 14.3. The van der Waals surface area contributed by atoms with Gasteiger partial charge in [0.1, 0.15) is 6.10 Å². The first kappa shape index (κ1) is 60.3. The molecule has 0 aromatic rings. The molecule has 6 nitrogen and oxygen atoms in total. The van der Waals surface area contributed by atoms with Gasteiger partial charge in [0.2, 0.25) is 5.91 Å². The summed E-state index contributed by atoms with van der Waals surface area (Å²) in [7, 11) is 0. The Bertz CT molecular complexity index is 1360. The molecule has 0 aliphatic carbocycles. The second-order valence-electron chi connectivity index (χ2n) is 16.8. The number of rotatable bonds is 44. The highest BCUT2D eigenvalue weighted by atomic mass is 16.5. The fourth-order valence-electron chi connectivity index (χ4n) is 6.97. The molecule has 362 valence electrons. The Morgan fingerprint density at radius 1 is 0.484 bits per heavy atom. The summed E-state index contributed by atoms with van der Waals surface area (Å²) in [5, 5.41) is 23.7. The van der Waals surface area contributed by atoms with E-state index in [4.69, 9.17) is 4.74 Å². The molecule has 3 N–H and O–H groups in total. The van der Waals surface area contributed by atoms with Crippen molar-refractivity contribution in [3.8, 4) is 0 Å². The summed E-state index contributed by atoms with van der Waals surface area (Å²) in [5.41, 5.74) is 0. The zero-order valence-corrected chi connectivity index (χ0v) is 41.1. The lowest BCUT2D eigenvalue weighted by atomic mass is 10.0. The van der Waals surface area contributed by atoms with Gasteiger partial charge in [-0.25, -0.2) is 0 Å². The Kier molecular flexibility index (Phi) is 47.3. The number of carbonyl (C=O) groups excluding carboxylic acids is 2. The summed E-state index contributed by atoms with van der Waals surface area (Å²) < 4.78 is 5.82. The van der Waals surface area contributed by atoms with Crippen LogP contribution in [0.5, 0.6) is 0 Å². The van der Waals surface area contributed by atoms with E-state index in [9.17, 15) is 19.8 Å². The van der Waals surface area contributed by atoms with Gasteiger partial charge in [-0.3, -0.25) is 9.59 Å². The maximum atomic E-state index is 13.2. The molecule has 0 spiro atoms. The van der Waals surface area contributed by atoms with Crippen LogP contribution in [0, 0.1) is 0 Å². The van der Waals surface area contributed by atoms with Crippen LogP contribution in [-0.2, 0) is 14.3 Å². The van der Waals surface area contributed by atoms with Gasteiger partial charge in [0.25, 0.3) is 0 Å². The summed E-state index contributed by atoms with van der Waals surface area (Å²) in [6.45, 7) is 6.20.